The minimum absolute atomic E-state index is 0.0332. The molecule has 0 unspecified atom stereocenters. The lowest BCUT2D eigenvalue weighted by atomic mass is 9.94. The molecule has 3 nitrogen and oxygen atoms in total. The number of hydrogen-bond acceptors (Lipinski definition) is 2. The molecule has 86 valence electrons. The number of carbonyl (C=O) groups excluding carboxylic acids is 1. The van der Waals surface area contributed by atoms with Crippen molar-refractivity contribution >= 4 is 34.2 Å². The highest BCUT2D eigenvalue weighted by atomic mass is 127. The molecule has 0 radical (unpaired) electrons. The number of hydrogen-bond donors (Lipinski definition) is 1. The van der Waals surface area contributed by atoms with Crippen molar-refractivity contribution in [3.63, 3.8) is 0 Å². The van der Waals surface area contributed by atoms with Crippen LogP contribution in [-0.4, -0.2) is 11.5 Å². The van der Waals surface area contributed by atoms with Gasteiger partial charge in [-0.1, -0.05) is 19.9 Å². The monoisotopic (exact) mass is 331 g/mol. The van der Waals surface area contributed by atoms with Crippen molar-refractivity contribution in [3.8, 4) is 5.75 Å². The summed E-state index contributed by atoms with van der Waals surface area (Å²) in [5, 5.41) is 2.95. The average molecular weight is 331 g/mol. The van der Waals surface area contributed by atoms with Crippen molar-refractivity contribution in [2.45, 2.75) is 32.3 Å². The lowest BCUT2D eigenvalue weighted by molar-refractivity contribution is -0.133. The number of anilines is 1. The Morgan fingerprint density at radius 1 is 1.38 bits per heavy atom. The summed E-state index contributed by atoms with van der Waals surface area (Å²) in [6.45, 7) is 3.95. The number of rotatable bonds is 2. The first-order valence-electron chi connectivity index (χ1n) is 5.42. The fourth-order valence-corrected chi connectivity index (χ4v) is 2.52. The topological polar surface area (TPSA) is 38.3 Å². The van der Waals surface area contributed by atoms with Gasteiger partial charge < -0.3 is 10.1 Å². The molecule has 2 rings (SSSR count). The Kier molecular flexibility index (Phi) is 3.10. The number of benzene rings is 1. The fourth-order valence-electron chi connectivity index (χ4n) is 1.91. The van der Waals surface area contributed by atoms with Crippen LogP contribution in [0.4, 0.5) is 5.69 Å². The predicted molar refractivity (Wildman–Crippen MR) is 71.7 cm³/mol. The van der Waals surface area contributed by atoms with Crippen LogP contribution >= 0.6 is 22.6 Å². The third-order valence-corrected chi connectivity index (χ3v) is 3.97. The highest BCUT2D eigenvalue weighted by Gasteiger charge is 2.41. The standard InChI is InChI=1S/C12H14INO2/c1-3-12(4-2)11(15)14-10-8(13)6-5-7-9(10)16-12/h5-7H,3-4H2,1-2H3,(H,14,15). The number of ether oxygens (including phenoxy) is 1. The van der Waals surface area contributed by atoms with Gasteiger partial charge in [-0.3, -0.25) is 4.79 Å². The Labute approximate surface area is 109 Å². The fraction of sp³-hybridized carbons (Fsp3) is 0.417. The number of fused-ring (bicyclic) bond motifs is 1. The molecule has 0 aliphatic carbocycles. The highest BCUT2D eigenvalue weighted by Crippen LogP contribution is 2.39. The van der Waals surface area contributed by atoms with Crippen LogP contribution in [-0.2, 0) is 4.79 Å². The zero-order chi connectivity index (χ0) is 11.8. The number of nitrogens with one attached hydrogen (secondary N) is 1. The van der Waals surface area contributed by atoms with E-state index in [0.29, 0.717) is 12.8 Å². The van der Waals surface area contributed by atoms with Gasteiger partial charge in [-0.25, -0.2) is 0 Å². The van der Waals surface area contributed by atoms with Crippen LogP contribution in [0.15, 0.2) is 18.2 Å². The van der Waals surface area contributed by atoms with Gasteiger partial charge in [0.15, 0.2) is 5.60 Å². The third kappa shape index (κ3) is 1.69. The maximum absolute atomic E-state index is 12.1. The quantitative estimate of drug-likeness (QED) is 0.846. The second-order valence-electron chi connectivity index (χ2n) is 3.87. The van der Waals surface area contributed by atoms with E-state index in [1.54, 1.807) is 0 Å². The number of para-hydroxylation sites is 1. The Bertz CT molecular complexity index is 427. The predicted octanol–water partition coefficient (Wildman–Crippen LogP) is 3.18. The molecule has 1 heterocycles. The van der Waals surface area contributed by atoms with Crippen molar-refractivity contribution in [3.05, 3.63) is 21.8 Å². The Balaban J connectivity index is 2.46. The third-order valence-electron chi connectivity index (χ3n) is 3.08. The molecular weight excluding hydrogens is 317 g/mol. The van der Waals surface area contributed by atoms with E-state index in [0.717, 1.165) is 15.0 Å². The Morgan fingerprint density at radius 2 is 2.06 bits per heavy atom. The van der Waals surface area contributed by atoms with Gasteiger partial charge in [-0.05, 0) is 47.6 Å². The molecule has 0 aromatic heterocycles. The van der Waals surface area contributed by atoms with Gasteiger partial charge >= 0.3 is 0 Å². The first kappa shape index (κ1) is 11.7. The van der Waals surface area contributed by atoms with Crippen LogP contribution in [0.3, 0.4) is 0 Å². The molecule has 0 fully saturated rings. The summed E-state index contributed by atoms with van der Waals surface area (Å²) in [7, 11) is 0. The highest BCUT2D eigenvalue weighted by molar-refractivity contribution is 14.1. The summed E-state index contributed by atoms with van der Waals surface area (Å²) >= 11 is 2.19. The van der Waals surface area contributed by atoms with Crippen LogP contribution < -0.4 is 10.1 Å². The number of carbonyl (C=O) groups is 1. The largest absolute Gasteiger partial charge is 0.475 e. The smallest absolute Gasteiger partial charge is 0.268 e. The molecule has 16 heavy (non-hydrogen) atoms. The average Bonchev–Trinajstić information content (AvgIpc) is 2.30. The molecule has 1 aliphatic heterocycles. The zero-order valence-corrected chi connectivity index (χ0v) is 11.5. The molecule has 1 aliphatic rings. The molecule has 1 aromatic rings. The molecular formula is C12H14INO2. The van der Waals surface area contributed by atoms with Gasteiger partial charge in [0.2, 0.25) is 0 Å². The van der Waals surface area contributed by atoms with E-state index in [9.17, 15) is 4.79 Å². The van der Waals surface area contributed by atoms with Gasteiger partial charge in [0.1, 0.15) is 5.75 Å². The molecule has 0 bridgehead atoms. The van der Waals surface area contributed by atoms with E-state index in [2.05, 4.69) is 27.9 Å². The summed E-state index contributed by atoms with van der Waals surface area (Å²) in [5.41, 5.74) is 0.0999. The second kappa shape index (κ2) is 4.24. The van der Waals surface area contributed by atoms with Gasteiger partial charge in [0.25, 0.3) is 5.91 Å². The van der Waals surface area contributed by atoms with Crippen molar-refractivity contribution in [2.75, 3.05) is 5.32 Å². The van der Waals surface area contributed by atoms with Crippen LogP contribution in [0.5, 0.6) is 5.75 Å². The molecule has 0 atom stereocenters. The first-order valence-corrected chi connectivity index (χ1v) is 6.50. The lowest BCUT2D eigenvalue weighted by Gasteiger charge is -2.36. The van der Waals surface area contributed by atoms with Crippen LogP contribution in [0, 0.1) is 3.57 Å². The van der Waals surface area contributed by atoms with E-state index in [1.165, 1.54) is 0 Å². The summed E-state index contributed by atoms with van der Waals surface area (Å²) < 4.78 is 6.90. The van der Waals surface area contributed by atoms with Crippen molar-refractivity contribution < 1.29 is 9.53 Å². The normalized spacial score (nSPS) is 17.3. The van der Waals surface area contributed by atoms with Gasteiger partial charge in [0, 0.05) is 3.57 Å². The Hall–Kier alpha value is -0.780. The molecule has 1 aromatic carbocycles. The molecule has 1 N–H and O–H groups in total. The van der Waals surface area contributed by atoms with Crippen LogP contribution in [0.25, 0.3) is 0 Å². The minimum Gasteiger partial charge on any atom is -0.475 e. The van der Waals surface area contributed by atoms with Gasteiger partial charge in [0.05, 0.1) is 5.69 Å². The zero-order valence-electron chi connectivity index (χ0n) is 9.34. The van der Waals surface area contributed by atoms with E-state index >= 15 is 0 Å². The van der Waals surface area contributed by atoms with E-state index in [4.69, 9.17) is 4.74 Å². The summed E-state index contributed by atoms with van der Waals surface area (Å²) in [4.78, 5) is 12.1. The van der Waals surface area contributed by atoms with Crippen molar-refractivity contribution in [1.29, 1.82) is 0 Å². The van der Waals surface area contributed by atoms with Gasteiger partial charge in [-0.2, -0.15) is 0 Å². The second-order valence-corrected chi connectivity index (χ2v) is 5.03. The summed E-state index contributed by atoms with van der Waals surface area (Å²) in [6.07, 6.45) is 1.36. The Morgan fingerprint density at radius 3 is 2.69 bits per heavy atom. The molecule has 0 saturated carbocycles. The lowest BCUT2D eigenvalue weighted by Crippen LogP contribution is -2.50. The molecule has 1 amide bonds. The summed E-state index contributed by atoms with van der Waals surface area (Å²) in [5.74, 6) is 0.740. The maximum Gasteiger partial charge on any atom is 0.268 e. The molecule has 4 heteroatoms. The number of amides is 1. The number of halogens is 1. The SMILES string of the molecule is CCC1(CC)Oc2cccc(I)c2NC1=O. The van der Waals surface area contributed by atoms with Crippen LogP contribution in [0.1, 0.15) is 26.7 Å². The molecule has 0 spiro atoms. The minimum atomic E-state index is -0.697. The van der Waals surface area contributed by atoms with E-state index in [-0.39, 0.29) is 5.91 Å². The van der Waals surface area contributed by atoms with Crippen molar-refractivity contribution in [1.82, 2.24) is 0 Å². The van der Waals surface area contributed by atoms with E-state index in [1.807, 2.05) is 32.0 Å². The van der Waals surface area contributed by atoms with Gasteiger partial charge in [-0.15, -0.1) is 0 Å². The maximum atomic E-state index is 12.1. The molecule has 0 saturated heterocycles. The van der Waals surface area contributed by atoms with Crippen LogP contribution in [0.2, 0.25) is 0 Å². The summed E-state index contributed by atoms with van der Waals surface area (Å²) in [6, 6.07) is 5.79. The van der Waals surface area contributed by atoms with E-state index < -0.39 is 5.60 Å². The first-order chi connectivity index (χ1) is 7.63. The van der Waals surface area contributed by atoms with Crippen molar-refractivity contribution in [2.24, 2.45) is 0 Å².